The minimum Gasteiger partial charge on any atom is -0.489 e. The summed E-state index contributed by atoms with van der Waals surface area (Å²) in [6.07, 6.45) is 0. The number of thiophene rings is 1. The molecule has 0 spiro atoms. The highest BCUT2D eigenvalue weighted by molar-refractivity contribution is 7.94. The molecule has 0 aliphatic rings. The zero-order valence-corrected chi connectivity index (χ0v) is 21.8. The topological polar surface area (TPSA) is 102 Å². The number of hydrogen-bond donors (Lipinski definition) is 2. The Balaban J connectivity index is 1.55. The van der Waals surface area contributed by atoms with Gasteiger partial charge >= 0.3 is 0 Å². The van der Waals surface area contributed by atoms with E-state index in [1.807, 2.05) is 30.3 Å². The van der Waals surface area contributed by atoms with Crippen molar-refractivity contribution in [2.75, 3.05) is 9.44 Å². The molecule has 0 fully saturated rings. The summed E-state index contributed by atoms with van der Waals surface area (Å²) < 4.78 is 61.9. The largest absolute Gasteiger partial charge is 0.489 e. The van der Waals surface area contributed by atoms with Gasteiger partial charge in [0.15, 0.2) is 0 Å². The summed E-state index contributed by atoms with van der Waals surface area (Å²) in [4.78, 5) is -0.0531. The Morgan fingerprint density at radius 1 is 0.743 bits per heavy atom. The summed E-state index contributed by atoms with van der Waals surface area (Å²) in [5.74, 6) is 0.492. The average Bonchev–Trinajstić information content (AvgIpc) is 3.38. The predicted molar refractivity (Wildman–Crippen MR) is 140 cm³/mol. The highest BCUT2D eigenvalue weighted by atomic mass is 35.5. The van der Waals surface area contributed by atoms with Gasteiger partial charge in [0.05, 0.1) is 26.3 Å². The first-order valence-corrected chi connectivity index (χ1v) is 14.6. The van der Waals surface area contributed by atoms with Crippen LogP contribution >= 0.6 is 34.5 Å². The van der Waals surface area contributed by atoms with Crippen LogP contribution in [0.25, 0.3) is 0 Å². The van der Waals surface area contributed by atoms with Crippen molar-refractivity contribution in [3.63, 3.8) is 0 Å². The van der Waals surface area contributed by atoms with E-state index in [0.717, 1.165) is 16.9 Å². The minimum atomic E-state index is -4.10. The van der Waals surface area contributed by atoms with Crippen molar-refractivity contribution in [3.05, 3.63) is 99.9 Å². The molecule has 0 saturated heterocycles. The van der Waals surface area contributed by atoms with E-state index in [-0.39, 0.29) is 30.5 Å². The van der Waals surface area contributed by atoms with Gasteiger partial charge in [0.2, 0.25) is 0 Å². The first kappa shape index (κ1) is 25.3. The molecular formula is C23H18Cl2N2O5S3. The van der Waals surface area contributed by atoms with Gasteiger partial charge in [0, 0.05) is 0 Å². The molecule has 0 radical (unpaired) electrons. The Morgan fingerprint density at radius 3 is 1.91 bits per heavy atom. The van der Waals surface area contributed by atoms with E-state index in [0.29, 0.717) is 12.4 Å². The maximum Gasteiger partial charge on any atom is 0.271 e. The van der Waals surface area contributed by atoms with Gasteiger partial charge < -0.3 is 4.74 Å². The third kappa shape index (κ3) is 6.28. The molecule has 0 atom stereocenters. The van der Waals surface area contributed by atoms with Crippen molar-refractivity contribution < 1.29 is 21.6 Å². The van der Waals surface area contributed by atoms with Crippen LogP contribution in [0.15, 0.2) is 93.3 Å². The van der Waals surface area contributed by atoms with Crippen LogP contribution in [0, 0.1) is 0 Å². The molecule has 0 amide bonds. The molecule has 1 heterocycles. The zero-order chi connectivity index (χ0) is 25.1. The molecular weight excluding hydrogens is 551 g/mol. The lowest BCUT2D eigenvalue weighted by atomic mass is 10.2. The molecule has 35 heavy (non-hydrogen) atoms. The Labute approximate surface area is 217 Å². The first-order valence-electron chi connectivity index (χ1n) is 9.99. The molecule has 12 heteroatoms. The Morgan fingerprint density at radius 2 is 1.34 bits per heavy atom. The second-order valence-electron chi connectivity index (χ2n) is 7.20. The molecule has 0 saturated carbocycles. The van der Waals surface area contributed by atoms with E-state index in [1.54, 1.807) is 11.4 Å². The SMILES string of the molecule is O=S(=O)(Nc1cc(Cl)c(Cl)cc1NS(=O)(=O)c1cccs1)c1ccc(OCc2ccccc2)cc1. The predicted octanol–water partition coefficient (Wildman–Crippen LogP) is 6.24. The van der Waals surface area contributed by atoms with Crippen LogP contribution in [-0.4, -0.2) is 16.8 Å². The van der Waals surface area contributed by atoms with E-state index in [2.05, 4.69) is 9.44 Å². The monoisotopic (exact) mass is 568 g/mol. The molecule has 0 bridgehead atoms. The van der Waals surface area contributed by atoms with E-state index >= 15 is 0 Å². The van der Waals surface area contributed by atoms with Crippen molar-refractivity contribution in [1.29, 1.82) is 0 Å². The van der Waals surface area contributed by atoms with E-state index < -0.39 is 20.0 Å². The summed E-state index contributed by atoms with van der Waals surface area (Å²) >= 11 is 13.2. The molecule has 182 valence electrons. The summed E-state index contributed by atoms with van der Waals surface area (Å²) in [5, 5.41) is 1.71. The van der Waals surface area contributed by atoms with Crippen LogP contribution in [0.5, 0.6) is 5.75 Å². The molecule has 3 aromatic carbocycles. The quantitative estimate of drug-likeness (QED) is 0.249. The van der Waals surface area contributed by atoms with Gasteiger partial charge in [-0.3, -0.25) is 9.44 Å². The lowest BCUT2D eigenvalue weighted by Gasteiger charge is -2.15. The first-order chi connectivity index (χ1) is 16.6. The normalized spacial score (nSPS) is 11.7. The van der Waals surface area contributed by atoms with Gasteiger partial charge in [-0.2, -0.15) is 0 Å². The van der Waals surface area contributed by atoms with Crippen molar-refractivity contribution in [2.24, 2.45) is 0 Å². The molecule has 0 aliphatic heterocycles. The number of nitrogens with one attached hydrogen (secondary N) is 2. The number of sulfonamides is 2. The third-order valence-electron chi connectivity index (χ3n) is 4.69. The van der Waals surface area contributed by atoms with Crippen LogP contribution in [0.2, 0.25) is 10.0 Å². The van der Waals surface area contributed by atoms with Crippen LogP contribution in [0.3, 0.4) is 0 Å². The Kier molecular flexibility index (Phi) is 7.58. The summed E-state index contributed by atoms with van der Waals surface area (Å²) in [6, 6.07) is 20.9. The van der Waals surface area contributed by atoms with Gasteiger partial charge in [0.1, 0.15) is 16.6 Å². The highest BCUT2D eigenvalue weighted by Gasteiger charge is 2.22. The van der Waals surface area contributed by atoms with E-state index in [1.165, 1.54) is 42.5 Å². The van der Waals surface area contributed by atoms with E-state index in [4.69, 9.17) is 27.9 Å². The zero-order valence-electron chi connectivity index (χ0n) is 17.8. The van der Waals surface area contributed by atoms with Crippen molar-refractivity contribution >= 4 is 66.0 Å². The lowest BCUT2D eigenvalue weighted by molar-refractivity contribution is 0.306. The molecule has 4 aromatic rings. The molecule has 0 unspecified atom stereocenters. The van der Waals surface area contributed by atoms with Gasteiger partial charge in [-0.25, -0.2) is 16.8 Å². The van der Waals surface area contributed by atoms with Crippen LogP contribution in [-0.2, 0) is 26.7 Å². The number of ether oxygens (including phenoxy) is 1. The van der Waals surface area contributed by atoms with Gasteiger partial charge in [-0.1, -0.05) is 59.6 Å². The molecule has 1 aromatic heterocycles. The van der Waals surface area contributed by atoms with Crippen LogP contribution in [0.1, 0.15) is 5.56 Å². The number of halogens is 2. The summed E-state index contributed by atoms with van der Waals surface area (Å²) in [5.41, 5.74) is 0.825. The number of hydrogen-bond acceptors (Lipinski definition) is 6. The molecule has 2 N–H and O–H groups in total. The fraction of sp³-hybridized carbons (Fsp3) is 0.0435. The van der Waals surface area contributed by atoms with Gasteiger partial charge in [0.25, 0.3) is 20.0 Å². The second-order valence-corrected chi connectivity index (χ2v) is 12.6. The maximum absolute atomic E-state index is 13.0. The van der Waals surface area contributed by atoms with Crippen molar-refractivity contribution in [2.45, 2.75) is 15.7 Å². The number of rotatable bonds is 9. The van der Waals surface area contributed by atoms with Crippen molar-refractivity contribution in [1.82, 2.24) is 0 Å². The summed E-state index contributed by atoms with van der Waals surface area (Å²) in [6.45, 7) is 0.336. The molecule has 4 rings (SSSR count). The Hall–Kier alpha value is -2.76. The Bertz CT molecular complexity index is 1530. The second kappa shape index (κ2) is 10.5. The molecule has 7 nitrogen and oxygen atoms in total. The van der Waals surface area contributed by atoms with Gasteiger partial charge in [-0.15, -0.1) is 11.3 Å². The fourth-order valence-electron chi connectivity index (χ4n) is 2.99. The standard InChI is InChI=1S/C23H18Cl2N2O5S3/c24-19-13-21(22(14-20(19)25)27-35(30,31)23-7-4-12-33-23)26-34(28,29)18-10-8-17(9-11-18)32-15-16-5-2-1-3-6-16/h1-14,26-27H,15H2. The highest BCUT2D eigenvalue weighted by Crippen LogP contribution is 2.35. The lowest BCUT2D eigenvalue weighted by Crippen LogP contribution is -2.17. The average molecular weight is 570 g/mol. The fourth-order valence-corrected chi connectivity index (χ4v) is 6.45. The molecule has 0 aliphatic carbocycles. The maximum atomic E-state index is 13.0. The minimum absolute atomic E-state index is 0.0492. The smallest absolute Gasteiger partial charge is 0.271 e. The number of anilines is 2. The number of benzene rings is 3. The summed E-state index contributed by atoms with van der Waals surface area (Å²) in [7, 11) is -8.06. The van der Waals surface area contributed by atoms with Gasteiger partial charge in [-0.05, 0) is 53.4 Å². The van der Waals surface area contributed by atoms with E-state index in [9.17, 15) is 16.8 Å². The third-order valence-corrected chi connectivity index (χ3v) is 9.56. The van der Waals surface area contributed by atoms with Crippen molar-refractivity contribution in [3.8, 4) is 5.75 Å². The van der Waals surface area contributed by atoms with Crippen LogP contribution in [0.4, 0.5) is 11.4 Å². The van der Waals surface area contributed by atoms with Crippen LogP contribution < -0.4 is 14.2 Å².